The van der Waals surface area contributed by atoms with Crippen LogP contribution >= 0.6 is 0 Å². The average Bonchev–Trinajstić information content (AvgIpc) is 3.40. The van der Waals surface area contributed by atoms with Gasteiger partial charge in [-0.25, -0.2) is 0 Å². The van der Waals surface area contributed by atoms with Gasteiger partial charge >= 0.3 is 5.97 Å². The van der Waals surface area contributed by atoms with Gasteiger partial charge in [-0.15, -0.1) is 0 Å². The van der Waals surface area contributed by atoms with Gasteiger partial charge in [0.2, 0.25) is 0 Å². The first kappa shape index (κ1) is 38.7. The molecule has 0 aliphatic heterocycles. The summed E-state index contributed by atoms with van der Waals surface area (Å²) < 4.78 is 6.12. The lowest BCUT2D eigenvalue weighted by Crippen LogP contribution is -2.51. The second kappa shape index (κ2) is 19.4. The summed E-state index contributed by atoms with van der Waals surface area (Å²) in [7, 11) is 0. The van der Waals surface area contributed by atoms with Crippen LogP contribution in [0.15, 0.2) is 23.8 Å². The number of allylic oxidation sites excluding steroid dienone is 3. The van der Waals surface area contributed by atoms with Crippen LogP contribution < -0.4 is 0 Å². The van der Waals surface area contributed by atoms with E-state index in [2.05, 4.69) is 59.8 Å². The molecule has 0 radical (unpaired) electrons. The smallest absolute Gasteiger partial charge is 0.306 e. The SMILES string of the molecule is CCCCCCCCC=CCCCCCCCC(=O)O[C@H]1CC[C@@]2(C)C(=CC[C@H]3[C@@H]4CC[C@H]([C@H](C)CCCC(C)C)[C@@]4(C)CC[C@@H]32)C1. The molecular weight excluding hydrogens is 572 g/mol. The van der Waals surface area contributed by atoms with Crippen molar-refractivity contribution in [3.63, 3.8) is 0 Å². The van der Waals surface area contributed by atoms with Crippen LogP contribution in [0, 0.1) is 46.3 Å². The molecule has 0 unspecified atom stereocenters. The van der Waals surface area contributed by atoms with E-state index in [-0.39, 0.29) is 12.1 Å². The molecule has 0 N–H and O–H groups in total. The van der Waals surface area contributed by atoms with Crippen LogP contribution in [0.25, 0.3) is 0 Å². The zero-order valence-corrected chi connectivity index (χ0v) is 32.3. The van der Waals surface area contributed by atoms with Crippen molar-refractivity contribution >= 4 is 5.97 Å². The van der Waals surface area contributed by atoms with Crippen LogP contribution in [0.5, 0.6) is 0 Å². The minimum atomic E-state index is 0.0541. The van der Waals surface area contributed by atoms with Gasteiger partial charge in [0.15, 0.2) is 0 Å². The van der Waals surface area contributed by atoms with E-state index in [9.17, 15) is 4.79 Å². The summed E-state index contributed by atoms with van der Waals surface area (Å²) in [5, 5.41) is 0. The number of fused-ring (bicyclic) bond motifs is 5. The quantitative estimate of drug-likeness (QED) is 0.0702. The zero-order chi connectivity index (χ0) is 33.7. The molecule has 0 aromatic rings. The Kier molecular flexibility index (Phi) is 16.0. The minimum absolute atomic E-state index is 0.0541. The molecule has 0 saturated heterocycles. The normalized spacial score (nSPS) is 32.6. The molecule has 3 fully saturated rings. The summed E-state index contributed by atoms with van der Waals surface area (Å²) in [6.07, 6.45) is 39.5. The number of esters is 1. The van der Waals surface area contributed by atoms with Crippen LogP contribution in [0.3, 0.4) is 0 Å². The van der Waals surface area contributed by atoms with E-state index in [1.54, 1.807) is 5.57 Å². The Bertz CT molecular complexity index is 976. The molecule has 0 heterocycles. The van der Waals surface area contributed by atoms with Crippen LogP contribution in [-0.4, -0.2) is 12.1 Å². The summed E-state index contributed by atoms with van der Waals surface area (Å²) in [6.45, 7) is 14.9. The van der Waals surface area contributed by atoms with Crippen molar-refractivity contribution in [2.75, 3.05) is 0 Å². The van der Waals surface area contributed by atoms with Crippen molar-refractivity contribution < 1.29 is 9.53 Å². The van der Waals surface area contributed by atoms with Gasteiger partial charge in [0.05, 0.1) is 0 Å². The molecule has 0 aromatic carbocycles. The first-order valence-corrected chi connectivity index (χ1v) is 21.2. The Balaban J connectivity index is 1.12. The summed E-state index contributed by atoms with van der Waals surface area (Å²) in [4.78, 5) is 12.8. The molecule has 2 nitrogen and oxygen atoms in total. The number of carbonyl (C=O) groups is 1. The number of hydrogen-bond acceptors (Lipinski definition) is 2. The third-order valence-electron chi connectivity index (χ3n) is 14.2. The van der Waals surface area contributed by atoms with Gasteiger partial charge in [-0.3, -0.25) is 4.79 Å². The number of unbranched alkanes of at least 4 members (excludes halogenated alkanes) is 11. The molecule has 2 heteroatoms. The molecule has 0 amide bonds. The third-order valence-corrected chi connectivity index (χ3v) is 14.2. The molecule has 4 aliphatic rings. The highest BCUT2D eigenvalue weighted by Crippen LogP contribution is 2.67. The van der Waals surface area contributed by atoms with Gasteiger partial charge in [-0.2, -0.15) is 0 Å². The van der Waals surface area contributed by atoms with Gasteiger partial charge in [-0.1, -0.05) is 136 Å². The number of carbonyl (C=O) groups excluding carboxylic acids is 1. The maximum atomic E-state index is 12.8. The Morgan fingerprint density at radius 3 is 2.19 bits per heavy atom. The second-order valence-corrected chi connectivity index (χ2v) is 18.0. The topological polar surface area (TPSA) is 26.3 Å². The highest BCUT2D eigenvalue weighted by molar-refractivity contribution is 5.69. The van der Waals surface area contributed by atoms with E-state index < -0.39 is 0 Å². The lowest BCUT2D eigenvalue weighted by Gasteiger charge is -2.58. The van der Waals surface area contributed by atoms with Gasteiger partial charge in [-0.05, 0) is 123 Å². The Hall–Kier alpha value is -1.05. The van der Waals surface area contributed by atoms with Crippen molar-refractivity contribution in [1.29, 1.82) is 0 Å². The van der Waals surface area contributed by atoms with E-state index in [0.29, 0.717) is 17.3 Å². The lowest BCUT2D eigenvalue weighted by atomic mass is 9.47. The van der Waals surface area contributed by atoms with Crippen molar-refractivity contribution in [2.45, 2.75) is 208 Å². The van der Waals surface area contributed by atoms with Crippen molar-refractivity contribution in [3.05, 3.63) is 23.8 Å². The fraction of sp³-hybridized carbons (Fsp3) is 0.889. The molecule has 0 bridgehead atoms. The van der Waals surface area contributed by atoms with E-state index >= 15 is 0 Å². The predicted molar refractivity (Wildman–Crippen MR) is 202 cm³/mol. The monoisotopic (exact) mass is 651 g/mol. The van der Waals surface area contributed by atoms with Gasteiger partial charge < -0.3 is 4.74 Å². The molecule has 3 saturated carbocycles. The van der Waals surface area contributed by atoms with E-state index in [0.717, 1.165) is 61.2 Å². The molecule has 4 aliphatic carbocycles. The molecule has 4 rings (SSSR count). The third kappa shape index (κ3) is 10.7. The van der Waals surface area contributed by atoms with E-state index in [1.165, 1.54) is 128 Å². The number of hydrogen-bond donors (Lipinski definition) is 0. The van der Waals surface area contributed by atoms with Crippen LogP contribution in [0.4, 0.5) is 0 Å². The fourth-order valence-electron chi connectivity index (χ4n) is 11.3. The van der Waals surface area contributed by atoms with Crippen LogP contribution in [0.1, 0.15) is 202 Å². The maximum Gasteiger partial charge on any atom is 0.306 e. The summed E-state index contributed by atoms with van der Waals surface area (Å²) in [5.41, 5.74) is 2.53. The standard InChI is InChI=1S/C45H78O2/c1-7-8-9-10-11-12-13-14-15-16-17-18-19-20-21-25-43(46)47-38-30-32-44(5)37(34-38)26-27-39-41-29-28-40(36(4)24-22-23-35(2)3)45(41,6)33-31-42(39)44/h14-15,26,35-36,38-42H,7-13,16-25,27-34H2,1-6H3/t36-,38+,39+,40-,41+,42+,44+,45-/m1/s1. The maximum absolute atomic E-state index is 12.8. The second-order valence-electron chi connectivity index (χ2n) is 18.0. The highest BCUT2D eigenvalue weighted by Gasteiger charge is 2.59. The molecule has 47 heavy (non-hydrogen) atoms. The van der Waals surface area contributed by atoms with Crippen molar-refractivity contribution in [3.8, 4) is 0 Å². The summed E-state index contributed by atoms with van der Waals surface area (Å²) >= 11 is 0. The van der Waals surface area contributed by atoms with Gasteiger partial charge in [0, 0.05) is 12.8 Å². The first-order valence-electron chi connectivity index (χ1n) is 21.2. The molecular formula is C45H78O2. The number of rotatable bonds is 21. The van der Waals surface area contributed by atoms with Gasteiger partial charge in [0.25, 0.3) is 0 Å². The van der Waals surface area contributed by atoms with Gasteiger partial charge in [0.1, 0.15) is 6.10 Å². The van der Waals surface area contributed by atoms with E-state index in [4.69, 9.17) is 4.74 Å². The minimum Gasteiger partial charge on any atom is -0.462 e. The Morgan fingerprint density at radius 2 is 1.49 bits per heavy atom. The van der Waals surface area contributed by atoms with Crippen molar-refractivity contribution in [1.82, 2.24) is 0 Å². The molecule has 8 atom stereocenters. The first-order chi connectivity index (χ1) is 22.7. The van der Waals surface area contributed by atoms with Crippen molar-refractivity contribution in [2.24, 2.45) is 46.3 Å². The zero-order valence-electron chi connectivity index (χ0n) is 32.3. The summed E-state index contributed by atoms with van der Waals surface area (Å²) in [5.74, 6) is 5.31. The Labute approximate surface area is 293 Å². The van der Waals surface area contributed by atoms with E-state index in [1.807, 2.05) is 0 Å². The summed E-state index contributed by atoms with van der Waals surface area (Å²) in [6, 6.07) is 0. The number of ether oxygens (including phenoxy) is 1. The Morgan fingerprint density at radius 1 is 0.809 bits per heavy atom. The fourth-order valence-corrected chi connectivity index (χ4v) is 11.3. The molecule has 0 spiro atoms. The predicted octanol–water partition coefficient (Wildman–Crippen LogP) is 14.0. The van der Waals surface area contributed by atoms with Crippen LogP contribution in [-0.2, 0) is 9.53 Å². The van der Waals surface area contributed by atoms with Crippen LogP contribution in [0.2, 0.25) is 0 Å². The lowest BCUT2D eigenvalue weighted by molar-refractivity contribution is -0.151. The highest BCUT2D eigenvalue weighted by atomic mass is 16.5. The average molecular weight is 651 g/mol. The largest absolute Gasteiger partial charge is 0.462 e. The molecule has 0 aromatic heterocycles. The molecule has 270 valence electrons.